The van der Waals surface area contributed by atoms with Crippen LogP contribution in [0, 0.1) is 0 Å². The number of carbonyl (C=O) groups excluding carboxylic acids is 1. The van der Waals surface area contributed by atoms with Crippen molar-refractivity contribution in [1.82, 2.24) is 0 Å². The monoisotopic (exact) mass is 448 g/mol. The molecule has 3 aromatic rings. The lowest BCUT2D eigenvalue weighted by Crippen LogP contribution is -2.10. The van der Waals surface area contributed by atoms with E-state index in [2.05, 4.69) is 39.8 Å². The van der Waals surface area contributed by atoms with Crippen LogP contribution >= 0.6 is 11.3 Å². The lowest BCUT2D eigenvalue weighted by atomic mass is 9.87. The normalized spacial score (nSPS) is 11.7. The van der Waals surface area contributed by atoms with Crippen molar-refractivity contribution in [3.8, 4) is 11.5 Å². The predicted molar refractivity (Wildman–Crippen MR) is 134 cm³/mol. The number of ketones is 1. The zero-order valence-corrected chi connectivity index (χ0v) is 20.4. The molecule has 0 amide bonds. The highest BCUT2D eigenvalue weighted by molar-refractivity contribution is 7.14. The second-order valence-corrected chi connectivity index (χ2v) is 10.0. The molecule has 0 aliphatic carbocycles. The molecule has 2 aromatic carbocycles. The van der Waals surface area contributed by atoms with Crippen molar-refractivity contribution in [2.24, 2.45) is 0 Å². The molecule has 0 radical (unpaired) electrons. The van der Waals surface area contributed by atoms with Crippen LogP contribution in [0.25, 0.3) is 6.08 Å². The van der Waals surface area contributed by atoms with Gasteiger partial charge in [-0.15, -0.1) is 11.3 Å². The largest absolute Gasteiger partial charge is 0.496 e. The van der Waals surface area contributed by atoms with Crippen molar-refractivity contribution < 1.29 is 14.3 Å². The SMILES string of the molecule is CCCc1ccc(C(=O)/C=C/c2ccc(OC)c(COc3ccc(C(C)(C)C)cc3)c2)s1. The van der Waals surface area contributed by atoms with Gasteiger partial charge >= 0.3 is 0 Å². The molecule has 0 aliphatic heterocycles. The number of methoxy groups -OCH3 is 1. The fraction of sp³-hybridized carbons (Fsp3) is 0.321. The summed E-state index contributed by atoms with van der Waals surface area (Å²) in [5, 5.41) is 0. The number of ether oxygens (including phenoxy) is 2. The fourth-order valence-electron chi connectivity index (χ4n) is 3.37. The number of thiophene rings is 1. The summed E-state index contributed by atoms with van der Waals surface area (Å²) in [5.74, 6) is 1.61. The molecule has 0 bridgehead atoms. The van der Waals surface area contributed by atoms with Crippen LogP contribution in [0.3, 0.4) is 0 Å². The number of aryl methyl sites for hydroxylation is 1. The summed E-state index contributed by atoms with van der Waals surface area (Å²) in [7, 11) is 1.65. The van der Waals surface area contributed by atoms with E-state index in [9.17, 15) is 4.79 Å². The van der Waals surface area contributed by atoms with Gasteiger partial charge in [0.25, 0.3) is 0 Å². The minimum Gasteiger partial charge on any atom is -0.496 e. The Morgan fingerprint density at radius 1 is 1.03 bits per heavy atom. The Labute approximate surface area is 195 Å². The van der Waals surface area contributed by atoms with Crippen molar-refractivity contribution in [2.45, 2.75) is 52.6 Å². The predicted octanol–water partition coefficient (Wildman–Crippen LogP) is 7.48. The van der Waals surface area contributed by atoms with E-state index in [1.54, 1.807) is 24.5 Å². The lowest BCUT2D eigenvalue weighted by Gasteiger charge is -2.19. The van der Waals surface area contributed by atoms with Gasteiger partial charge in [0.2, 0.25) is 0 Å². The molecular formula is C28H32O3S. The first kappa shape index (κ1) is 23.8. The molecule has 0 spiro atoms. The Morgan fingerprint density at radius 3 is 2.44 bits per heavy atom. The van der Waals surface area contributed by atoms with Gasteiger partial charge in [0.1, 0.15) is 18.1 Å². The van der Waals surface area contributed by atoms with Crippen molar-refractivity contribution >= 4 is 23.2 Å². The number of allylic oxidation sites excluding steroid dienone is 1. The summed E-state index contributed by atoms with van der Waals surface area (Å²) in [6.07, 6.45) is 5.59. The van der Waals surface area contributed by atoms with E-state index in [0.717, 1.165) is 40.3 Å². The van der Waals surface area contributed by atoms with Crippen LogP contribution in [0.5, 0.6) is 11.5 Å². The molecule has 0 unspecified atom stereocenters. The van der Waals surface area contributed by atoms with Crippen molar-refractivity contribution in [2.75, 3.05) is 7.11 Å². The maximum atomic E-state index is 12.5. The first-order valence-corrected chi connectivity index (χ1v) is 11.8. The minimum atomic E-state index is 0.0323. The molecule has 0 atom stereocenters. The molecule has 0 aliphatic rings. The molecule has 0 saturated heterocycles. The van der Waals surface area contributed by atoms with Gasteiger partial charge in [-0.3, -0.25) is 4.79 Å². The Bertz CT molecular complexity index is 1070. The van der Waals surface area contributed by atoms with E-state index < -0.39 is 0 Å². The third-order valence-electron chi connectivity index (χ3n) is 5.25. The van der Waals surface area contributed by atoms with Crippen LogP contribution in [0.4, 0.5) is 0 Å². The number of benzene rings is 2. The molecular weight excluding hydrogens is 416 g/mol. The number of rotatable bonds is 9. The fourth-order valence-corrected chi connectivity index (χ4v) is 4.40. The van der Waals surface area contributed by atoms with Crippen molar-refractivity contribution in [3.63, 3.8) is 0 Å². The van der Waals surface area contributed by atoms with E-state index in [4.69, 9.17) is 9.47 Å². The first-order valence-electron chi connectivity index (χ1n) is 11.0. The summed E-state index contributed by atoms with van der Waals surface area (Å²) in [6.45, 7) is 9.12. The summed E-state index contributed by atoms with van der Waals surface area (Å²) in [4.78, 5) is 14.6. The third-order valence-corrected chi connectivity index (χ3v) is 6.41. The number of hydrogen-bond acceptors (Lipinski definition) is 4. The van der Waals surface area contributed by atoms with E-state index in [0.29, 0.717) is 6.61 Å². The summed E-state index contributed by atoms with van der Waals surface area (Å²) in [5.41, 5.74) is 3.25. The molecule has 1 heterocycles. The van der Waals surface area contributed by atoms with Crippen LogP contribution in [0.1, 0.15) is 65.4 Å². The average Bonchev–Trinajstić information content (AvgIpc) is 3.25. The molecule has 0 N–H and O–H groups in total. The molecule has 0 saturated carbocycles. The second-order valence-electron chi connectivity index (χ2n) is 8.85. The first-order chi connectivity index (χ1) is 15.3. The second kappa shape index (κ2) is 10.6. The van der Waals surface area contributed by atoms with Gasteiger partial charge in [-0.25, -0.2) is 0 Å². The smallest absolute Gasteiger partial charge is 0.195 e. The van der Waals surface area contributed by atoms with Crippen LogP contribution < -0.4 is 9.47 Å². The maximum absolute atomic E-state index is 12.5. The summed E-state index contributed by atoms with van der Waals surface area (Å²) >= 11 is 1.58. The number of hydrogen-bond donors (Lipinski definition) is 0. The van der Waals surface area contributed by atoms with Gasteiger partial charge in [0.15, 0.2) is 5.78 Å². The van der Waals surface area contributed by atoms with Crippen LogP contribution in [0.15, 0.2) is 60.7 Å². The molecule has 4 heteroatoms. The maximum Gasteiger partial charge on any atom is 0.195 e. The average molecular weight is 449 g/mol. The Kier molecular flexibility index (Phi) is 7.92. The zero-order valence-electron chi connectivity index (χ0n) is 19.6. The standard InChI is InChI=1S/C28H32O3S/c1-6-7-24-14-17-27(32-24)25(29)15-8-20-9-16-26(30-5)21(18-20)19-31-23-12-10-22(11-13-23)28(2,3)4/h8-18H,6-7,19H2,1-5H3/b15-8+. The van der Waals surface area contributed by atoms with Gasteiger partial charge in [-0.05, 0) is 65.4 Å². The van der Waals surface area contributed by atoms with Gasteiger partial charge < -0.3 is 9.47 Å². The quantitative estimate of drug-likeness (QED) is 0.251. The molecule has 32 heavy (non-hydrogen) atoms. The molecule has 1 aromatic heterocycles. The highest BCUT2D eigenvalue weighted by Crippen LogP contribution is 2.26. The van der Waals surface area contributed by atoms with Crippen molar-refractivity contribution in [3.05, 3.63) is 87.1 Å². The highest BCUT2D eigenvalue weighted by atomic mass is 32.1. The highest BCUT2D eigenvalue weighted by Gasteiger charge is 2.13. The summed E-state index contributed by atoms with van der Waals surface area (Å²) < 4.78 is 11.5. The third kappa shape index (κ3) is 6.33. The van der Waals surface area contributed by atoms with Crippen LogP contribution in [-0.4, -0.2) is 12.9 Å². The Hall–Kier alpha value is -2.85. The Balaban J connectivity index is 1.69. The van der Waals surface area contributed by atoms with Gasteiger partial charge in [0.05, 0.1) is 12.0 Å². The number of carbonyl (C=O) groups is 1. The van der Waals surface area contributed by atoms with Gasteiger partial charge in [-0.1, -0.05) is 58.4 Å². The minimum absolute atomic E-state index is 0.0323. The summed E-state index contributed by atoms with van der Waals surface area (Å²) in [6, 6.07) is 18.0. The molecule has 3 nitrogen and oxygen atoms in total. The Morgan fingerprint density at radius 2 is 1.78 bits per heavy atom. The topological polar surface area (TPSA) is 35.5 Å². The lowest BCUT2D eigenvalue weighted by molar-refractivity contribution is 0.105. The molecule has 3 rings (SSSR count). The van der Waals surface area contributed by atoms with Gasteiger partial charge in [0, 0.05) is 10.4 Å². The zero-order chi connectivity index (χ0) is 23.1. The molecule has 0 fully saturated rings. The molecule has 168 valence electrons. The van der Waals surface area contributed by atoms with E-state index >= 15 is 0 Å². The van der Waals surface area contributed by atoms with Crippen LogP contribution in [-0.2, 0) is 18.4 Å². The van der Waals surface area contributed by atoms with E-state index in [-0.39, 0.29) is 11.2 Å². The van der Waals surface area contributed by atoms with Crippen LogP contribution in [0.2, 0.25) is 0 Å². The van der Waals surface area contributed by atoms with Crippen molar-refractivity contribution in [1.29, 1.82) is 0 Å². The van der Waals surface area contributed by atoms with Gasteiger partial charge in [-0.2, -0.15) is 0 Å². The van der Waals surface area contributed by atoms with E-state index in [1.807, 2.05) is 48.5 Å². The van der Waals surface area contributed by atoms with E-state index in [1.165, 1.54) is 10.4 Å².